The molecule has 0 saturated carbocycles. The van der Waals surface area contributed by atoms with Gasteiger partial charge in [0.2, 0.25) is 0 Å². The molecule has 0 spiro atoms. The van der Waals surface area contributed by atoms with Crippen LogP contribution in [0.1, 0.15) is 21.8 Å². The number of carbonyl (C=O) groups is 1. The quantitative estimate of drug-likeness (QED) is 0.753. The highest BCUT2D eigenvalue weighted by atomic mass is 16.5. The lowest BCUT2D eigenvalue weighted by molar-refractivity contribution is 0.102. The molecule has 0 aliphatic rings. The Balaban J connectivity index is 1.97. The van der Waals surface area contributed by atoms with Gasteiger partial charge in [0.1, 0.15) is 16.9 Å². The molecule has 0 atom stereocenters. The Morgan fingerprint density at radius 3 is 3.00 bits per heavy atom. The number of amides is 1. The molecule has 7 heteroatoms. The number of rotatable bonds is 2. The van der Waals surface area contributed by atoms with Crippen LogP contribution in [0.2, 0.25) is 0 Å². The molecule has 0 aliphatic heterocycles. The molecule has 19 heavy (non-hydrogen) atoms. The van der Waals surface area contributed by atoms with E-state index in [1.165, 1.54) is 6.20 Å². The van der Waals surface area contributed by atoms with Crippen molar-refractivity contribution in [1.82, 2.24) is 19.8 Å². The normalized spacial score (nSPS) is 10.8. The average molecular weight is 257 g/mol. The van der Waals surface area contributed by atoms with Crippen LogP contribution in [-0.2, 0) is 0 Å². The molecule has 3 rings (SSSR count). The first-order valence-corrected chi connectivity index (χ1v) is 5.69. The zero-order valence-corrected chi connectivity index (χ0v) is 10.4. The van der Waals surface area contributed by atoms with E-state index >= 15 is 0 Å². The highest BCUT2D eigenvalue weighted by Crippen LogP contribution is 2.20. The van der Waals surface area contributed by atoms with Crippen molar-refractivity contribution in [2.45, 2.75) is 13.8 Å². The molecule has 7 nitrogen and oxygen atoms in total. The maximum absolute atomic E-state index is 12.2. The Labute approximate surface area is 108 Å². The minimum atomic E-state index is -0.289. The van der Waals surface area contributed by atoms with Gasteiger partial charge in [0.05, 0.1) is 6.20 Å². The fraction of sp³-hybridized carbons (Fsp3) is 0.167. The standard InChI is InChI=1S/C12H11N5O2/c1-7-10(8(2)19-16-7)15-12(18)9-6-14-17-5-3-4-13-11(9)17/h3-6H,1-2H3,(H,15,18). The van der Waals surface area contributed by atoms with E-state index in [1.54, 1.807) is 36.8 Å². The van der Waals surface area contributed by atoms with Gasteiger partial charge in [-0.05, 0) is 19.9 Å². The van der Waals surface area contributed by atoms with Crippen LogP contribution in [0.4, 0.5) is 5.69 Å². The van der Waals surface area contributed by atoms with Crippen molar-refractivity contribution < 1.29 is 9.32 Å². The van der Waals surface area contributed by atoms with Crippen molar-refractivity contribution in [2.75, 3.05) is 5.32 Å². The molecule has 0 aliphatic carbocycles. The third kappa shape index (κ3) is 1.85. The van der Waals surface area contributed by atoms with Gasteiger partial charge in [-0.1, -0.05) is 5.16 Å². The topological polar surface area (TPSA) is 85.3 Å². The third-order valence-electron chi connectivity index (χ3n) is 2.80. The third-order valence-corrected chi connectivity index (χ3v) is 2.80. The molecular weight excluding hydrogens is 246 g/mol. The molecule has 0 saturated heterocycles. The lowest BCUT2D eigenvalue weighted by Gasteiger charge is -2.02. The summed E-state index contributed by atoms with van der Waals surface area (Å²) in [5.41, 5.74) is 2.13. The molecule has 0 unspecified atom stereocenters. The SMILES string of the molecule is Cc1noc(C)c1NC(=O)c1cnn2cccnc12. The maximum atomic E-state index is 12.2. The first kappa shape index (κ1) is 11.4. The molecule has 0 fully saturated rings. The van der Waals surface area contributed by atoms with E-state index in [-0.39, 0.29) is 5.91 Å². The Morgan fingerprint density at radius 2 is 2.26 bits per heavy atom. The Bertz CT molecular complexity index is 739. The molecule has 3 aromatic rings. The number of anilines is 1. The summed E-state index contributed by atoms with van der Waals surface area (Å²) in [5.74, 6) is 0.276. The summed E-state index contributed by atoms with van der Waals surface area (Å²) >= 11 is 0. The van der Waals surface area contributed by atoms with Crippen LogP contribution in [0.3, 0.4) is 0 Å². The van der Waals surface area contributed by atoms with Crippen LogP contribution >= 0.6 is 0 Å². The first-order valence-electron chi connectivity index (χ1n) is 5.69. The summed E-state index contributed by atoms with van der Waals surface area (Å²) in [6, 6.07) is 1.75. The molecule has 1 amide bonds. The van der Waals surface area contributed by atoms with E-state index in [2.05, 4.69) is 20.6 Å². The highest BCUT2D eigenvalue weighted by Gasteiger charge is 2.17. The number of aromatic nitrogens is 4. The molecule has 3 heterocycles. The predicted molar refractivity (Wildman–Crippen MR) is 66.9 cm³/mol. The van der Waals surface area contributed by atoms with E-state index in [0.717, 1.165) is 0 Å². The van der Waals surface area contributed by atoms with Gasteiger partial charge < -0.3 is 9.84 Å². The second kappa shape index (κ2) is 4.20. The number of carbonyl (C=O) groups excluding carboxylic acids is 1. The first-order chi connectivity index (χ1) is 9.16. The van der Waals surface area contributed by atoms with Crippen LogP contribution in [0.25, 0.3) is 5.65 Å². The predicted octanol–water partition coefficient (Wildman–Crippen LogP) is 1.59. The summed E-state index contributed by atoms with van der Waals surface area (Å²) in [6.07, 6.45) is 4.83. The van der Waals surface area contributed by atoms with Crippen LogP contribution in [0.5, 0.6) is 0 Å². The second-order valence-corrected chi connectivity index (χ2v) is 4.10. The van der Waals surface area contributed by atoms with Gasteiger partial charge in [-0.2, -0.15) is 5.10 Å². The lowest BCUT2D eigenvalue weighted by atomic mass is 10.2. The summed E-state index contributed by atoms with van der Waals surface area (Å²) in [4.78, 5) is 16.4. The lowest BCUT2D eigenvalue weighted by Crippen LogP contribution is -2.13. The average Bonchev–Trinajstić information content (AvgIpc) is 2.97. The van der Waals surface area contributed by atoms with Crippen molar-refractivity contribution in [2.24, 2.45) is 0 Å². The summed E-state index contributed by atoms with van der Waals surface area (Å²) in [7, 11) is 0. The van der Waals surface area contributed by atoms with Crippen LogP contribution in [-0.4, -0.2) is 25.7 Å². The van der Waals surface area contributed by atoms with E-state index < -0.39 is 0 Å². The fourth-order valence-corrected chi connectivity index (χ4v) is 1.83. The van der Waals surface area contributed by atoms with Crippen molar-refractivity contribution in [3.05, 3.63) is 41.7 Å². The summed E-state index contributed by atoms with van der Waals surface area (Å²) in [5, 5.41) is 10.6. The number of fused-ring (bicyclic) bond motifs is 1. The molecule has 96 valence electrons. The van der Waals surface area contributed by atoms with E-state index in [1.807, 2.05) is 0 Å². The van der Waals surface area contributed by atoms with Crippen molar-refractivity contribution in [3.63, 3.8) is 0 Å². The van der Waals surface area contributed by atoms with Gasteiger partial charge in [0.15, 0.2) is 11.4 Å². The summed E-state index contributed by atoms with van der Waals surface area (Å²) < 4.78 is 6.54. The Morgan fingerprint density at radius 1 is 1.42 bits per heavy atom. The number of hydrogen-bond donors (Lipinski definition) is 1. The minimum Gasteiger partial charge on any atom is -0.359 e. The van der Waals surface area contributed by atoms with Crippen molar-refractivity contribution in [1.29, 1.82) is 0 Å². The van der Waals surface area contributed by atoms with Crippen LogP contribution < -0.4 is 5.32 Å². The van der Waals surface area contributed by atoms with Crippen LogP contribution in [0, 0.1) is 13.8 Å². The number of nitrogens with one attached hydrogen (secondary N) is 1. The second-order valence-electron chi connectivity index (χ2n) is 4.10. The molecule has 1 N–H and O–H groups in total. The fourth-order valence-electron chi connectivity index (χ4n) is 1.83. The molecule has 0 radical (unpaired) electrons. The van der Waals surface area contributed by atoms with Gasteiger partial charge in [0, 0.05) is 12.4 Å². The van der Waals surface area contributed by atoms with E-state index in [9.17, 15) is 4.79 Å². The Kier molecular flexibility index (Phi) is 2.52. The highest BCUT2D eigenvalue weighted by molar-refractivity contribution is 6.08. The smallest absolute Gasteiger partial charge is 0.261 e. The van der Waals surface area contributed by atoms with Crippen molar-refractivity contribution in [3.8, 4) is 0 Å². The van der Waals surface area contributed by atoms with Crippen molar-refractivity contribution >= 4 is 17.2 Å². The molecule has 3 aromatic heterocycles. The van der Waals surface area contributed by atoms with E-state index in [4.69, 9.17) is 4.52 Å². The Hall–Kier alpha value is -2.70. The van der Waals surface area contributed by atoms with Gasteiger partial charge >= 0.3 is 0 Å². The maximum Gasteiger partial charge on any atom is 0.261 e. The van der Waals surface area contributed by atoms with Crippen LogP contribution in [0.15, 0.2) is 29.2 Å². The number of hydrogen-bond acceptors (Lipinski definition) is 5. The number of nitrogens with zero attached hydrogens (tertiary/aromatic N) is 4. The summed E-state index contributed by atoms with van der Waals surface area (Å²) in [6.45, 7) is 3.50. The van der Waals surface area contributed by atoms with E-state index in [0.29, 0.717) is 28.4 Å². The zero-order chi connectivity index (χ0) is 13.4. The van der Waals surface area contributed by atoms with Gasteiger partial charge in [-0.25, -0.2) is 9.50 Å². The minimum absolute atomic E-state index is 0.289. The molecular formula is C12H11N5O2. The largest absolute Gasteiger partial charge is 0.359 e. The molecule has 0 aromatic carbocycles. The van der Waals surface area contributed by atoms with Gasteiger partial charge in [-0.3, -0.25) is 4.79 Å². The molecule has 0 bridgehead atoms. The number of aryl methyl sites for hydroxylation is 2. The van der Waals surface area contributed by atoms with Gasteiger partial charge in [0.25, 0.3) is 5.91 Å². The van der Waals surface area contributed by atoms with Gasteiger partial charge in [-0.15, -0.1) is 0 Å². The zero-order valence-electron chi connectivity index (χ0n) is 10.4. The monoisotopic (exact) mass is 257 g/mol.